The summed E-state index contributed by atoms with van der Waals surface area (Å²) < 4.78 is 7.45. The molecule has 2 aromatic carbocycles. The molecular formula is C20H19ClN2O2S. The van der Waals surface area contributed by atoms with E-state index in [0.29, 0.717) is 26.8 Å². The third kappa shape index (κ3) is 3.52. The molecule has 0 spiro atoms. The zero-order valence-electron chi connectivity index (χ0n) is 14.2. The van der Waals surface area contributed by atoms with Gasteiger partial charge in [0, 0.05) is 12.4 Å². The fourth-order valence-electron chi connectivity index (χ4n) is 3.16. The van der Waals surface area contributed by atoms with Crippen LogP contribution in [-0.4, -0.2) is 28.0 Å². The van der Waals surface area contributed by atoms with Gasteiger partial charge >= 0.3 is 0 Å². The maximum Gasteiger partial charge on any atom is 0.266 e. The Morgan fingerprint density at radius 1 is 1.15 bits per heavy atom. The lowest BCUT2D eigenvalue weighted by Gasteiger charge is -2.22. The summed E-state index contributed by atoms with van der Waals surface area (Å²) >= 11 is 7.94. The lowest BCUT2D eigenvalue weighted by Crippen LogP contribution is -2.24. The third-order valence-electron chi connectivity index (χ3n) is 4.51. The van der Waals surface area contributed by atoms with Crippen LogP contribution in [0, 0.1) is 0 Å². The Labute approximate surface area is 161 Å². The van der Waals surface area contributed by atoms with Crippen molar-refractivity contribution in [2.24, 2.45) is 0 Å². The molecule has 1 fully saturated rings. The number of hydrogen-bond donors (Lipinski definition) is 0. The zero-order chi connectivity index (χ0) is 17.9. The number of ether oxygens (including phenoxy) is 1. The van der Waals surface area contributed by atoms with Crippen LogP contribution in [0.3, 0.4) is 0 Å². The highest BCUT2D eigenvalue weighted by Crippen LogP contribution is 2.27. The van der Waals surface area contributed by atoms with Crippen LogP contribution >= 0.6 is 23.4 Å². The first-order chi connectivity index (χ1) is 12.7. The Balaban J connectivity index is 1.80. The van der Waals surface area contributed by atoms with E-state index in [1.54, 1.807) is 28.5 Å². The van der Waals surface area contributed by atoms with E-state index in [2.05, 4.69) is 0 Å². The van der Waals surface area contributed by atoms with Crippen molar-refractivity contribution in [3.63, 3.8) is 0 Å². The summed E-state index contributed by atoms with van der Waals surface area (Å²) in [5, 5.41) is 1.77. The minimum absolute atomic E-state index is 0.101. The third-order valence-corrected chi connectivity index (χ3v) is 5.90. The normalized spacial score (nSPS) is 17.5. The molecule has 1 atom stereocenters. The van der Waals surface area contributed by atoms with Crippen molar-refractivity contribution >= 4 is 34.3 Å². The van der Waals surface area contributed by atoms with Gasteiger partial charge in [-0.2, -0.15) is 0 Å². The second kappa shape index (κ2) is 7.82. The van der Waals surface area contributed by atoms with E-state index in [1.807, 2.05) is 36.4 Å². The molecule has 1 saturated heterocycles. The predicted octanol–water partition coefficient (Wildman–Crippen LogP) is 4.70. The Morgan fingerprint density at radius 2 is 1.96 bits per heavy atom. The van der Waals surface area contributed by atoms with Gasteiger partial charge in [0.2, 0.25) is 0 Å². The summed E-state index contributed by atoms with van der Waals surface area (Å²) in [5.41, 5.74) is 1.26. The molecule has 0 amide bonds. The van der Waals surface area contributed by atoms with Gasteiger partial charge < -0.3 is 4.74 Å². The Morgan fingerprint density at radius 3 is 2.77 bits per heavy atom. The van der Waals surface area contributed by atoms with Crippen LogP contribution in [0.25, 0.3) is 16.6 Å². The highest BCUT2D eigenvalue weighted by atomic mass is 35.5. The molecule has 0 radical (unpaired) electrons. The van der Waals surface area contributed by atoms with Crippen molar-refractivity contribution in [2.75, 3.05) is 12.4 Å². The second-order valence-corrected chi connectivity index (χ2v) is 7.70. The molecule has 0 saturated carbocycles. The SMILES string of the molecule is O=c1c2ccccc2nc(SC[C@H]2CCCCO2)n1-c1ccccc1Cl. The minimum Gasteiger partial charge on any atom is -0.377 e. The van der Waals surface area contributed by atoms with Crippen LogP contribution < -0.4 is 5.56 Å². The zero-order valence-corrected chi connectivity index (χ0v) is 15.8. The van der Waals surface area contributed by atoms with Crippen molar-refractivity contribution in [3.05, 3.63) is 63.9 Å². The maximum atomic E-state index is 13.2. The maximum absolute atomic E-state index is 13.2. The molecular weight excluding hydrogens is 368 g/mol. The van der Waals surface area contributed by atoms with Gasteiger partial charge in [-0.05, 0) is 43.5 Å². The highest BCUT2D eigenvalue weighted by Gasteiger charge is 2.19. The summed E-state index contributed by atoms with van der Waals surface area (Å²) in [6.45, 7) is 0.813. The Bertz CT molecular complexity index is 983. The summed E-state index contributed by atoms with van der Waals surface area (Å²) in [5.74, 6) is 0.773. The van der Waals surface area contributed by atoms with E-state index >= 15 is 0 Å². The number of benzene rings is 2. The molecule has 1 aliphatic rings. The number of para-hydroxylation sites is 2. The first-order valence-electron chi connectivity index (χ1n) is 8.75. The Kier molecular flexibility index (Phi) is 5.29. The number of aromatic nitrogens is 2. The van der Waals surface area contributed by atoms with Gasteiger partial charge in [0.1, 0.15) is 0 Å². The minimum atomic E-state index is -0.101. The smallest absolute Gasteiger partial charge is 0.266 e. The van der Waals surface area contributed by atoms with Crippen LogP contribution in [0.15, 0.2) is 58.5 Å². The van der Waals surface area contributed by atoms with E-state index in [9.17, 15) is 4.79 Å². The summed E-state index contributed by atoms with van der Waals surface area (Å²) in [4.78, 5) is 17.9. The van der Waals surface area contributed by atoms with Gasteiger partial charge in [-0.1, -0.05) is 47.6 Å². The topological polar surface area (TPSA) is 44.1 Å². The first-order valence-corrected chi connectivity index (χ1v) is 10.1. The molecule has 26 heavy (non-hydrogen) atoms. The van der Waals surface area contributed by atoms with Gasteiger partial charge in [-0.15, -0.1) is 0 Å². The number of hydrogen-bond acceptors (Lipinski definition) is 4. The average Bonchev–Trinajstić information content (AvgIpc) is 2.68. The fraction of sp³-hybridized carbons (Fsp3) is 0.300. The van der Waals surface area contributed by atoms with Gasteiger partial charge in [-0.25, -0.2) is 4.98 Å². The molecule has 134 valence electrons. The number of fused-ring (bicyclic) bond motifs is 1. The molecule has 0 N–H and O–H groups in total. The number of thioether (sulfide) groups is 1. The molecule has 0 bridgehead atoms. The summed E-state index contributed by atoms with van der Waals surface area (Å²) in [6, 6.07) is 14.8. The van der Waals surface area contributed by atoms with Crippen LogP contribution in [-0.2, 0) is 4.74 Å². The lowest BCUT2D eigenvalue weighted by molar-refractivity contribution is 0.0315. The highest BCUT2D eigenvalue weighted by molar-refractivity contribution is 7.99. The predicted molar refractivity (Wildman–Crippen MR) is 107 cm³/mol. The van der Waals surface area contributed by atoms with E-state index in [0.717, 1.165) is 25.2 Å². The summed E-state index contributed by atoms with van der Waals surface area (Å²) in [7, 11) is 0. The number of rotatable bonds is 4. The fourth-order valence-corrected chi connectivity index (χ4v) is 4.45. The molecule has 6 heteroatoms. The van der Waals surface area contributed by atoms with Crippen LogP contribution in [0.4, 0.5) is 0 Å². The van der Waals surface area contributed by atoms with Crippen LogP contribution in [0.2, 0.25) is 5.02 Å². The average molecular weight is 387 g/mol. The van der Waals surface area contributed by atoms with Crippen LogP contribution in [0.5, 0.6) is 0 Å². The molecule has 4 nitrogen and oxygen atoms in total. The molecule has 3 aromatic rings. The van der Waals surface area contributed by atoms with Crippen molar-refractivity contribution in [2.45, 2.75) is 30.5 Å². The molecule has 1 aliphatic heterocycles. The van der Waals surface area contributed by atoms with Crippen LogP contribution in [0.1, 0.15) is 19.3 Å². The quantitative estimate of drug-likeness (QED) is 0.481. The van der Waals surface area contributed by atoms with E-state index in [1.165, 1.54) is 6.42 Å². The standard InChI is InChI=1S/C20H19ClN2O2S/c21-16-9-2-4-11-18(16)23-19(24)15-8-1-3-10-17(15)22-20(23)26-13-14-7-5-6-12-25-14/h1-4,8-11,14H,5-7,12-13H2/t14-/m1/s1. The van der Waals surface area contributed by atoms with Crippen molar-refractivity contribution in [1.29, 1.82) is 0 Å². The number of halogens is 1. The molecule has 4 rings (SSSR count). The molecule has 0 unspecified atom stereocenters. The molecule has 0 aliphatic carbocycles. The van der Waals surface area contributed by atoms with Gasteiger partial charge in [0.15, 0.2) is 5.16 Å². The summed E-state index contributed by atoms with van der Waals surface area (Å²) in [6.07, 6.45) is 3.57. The van der Waals surface area contributed by atoms with Gasteiger partial charge in [0.25, 0.3) is 5.56 Å². The lowest BCUT2D eigenvalue weighted by atomic mass is 10.1. The first kappa shape index (κ1) is 17.6. The van der Waals surface area contributed by atoms with Gasteiger partial charge in [-0.3, -0.25) is 9.36 Å². The Hall–Kier alpha value is -1.82. The van der Waals surface area contributed by atoms with Crippen molar-refractivity contribution in [3.8, 4) is 5.69 Å². The monoisotopic (exact) mass is 386 g/mol. The number of nitrogens with zero attached hydrogens (tertiary/aromatic N) is 2. The second-order valence-electron chi connectivity index (χ2n) is 6.30. The molecule has 2 heterocycles. The van der Waals surface area contributed by atoms with Crippen molar-refractivity contribution in [1.82, 2.24) is 9.55 Å². The van der Waals surface area contributed by atoms with Gasteiger partial charge in [0.05, 0.1) is 27.7 Å². The van der Waals surface area contributed by atoms with Crippen molar-refractivity contribution < 1.29 is 4.74 Å². The molecule has 1 aromatic heterocycles. The van der Waals surface area contributed by atoms with E-state index in [4.69, 9.17) is 21.3 Å². The van der Waals surface area contributed by atoms with E-state index < -0.39 is 0 Å². The largest absolute Gasteiger partial charge is 0.377 e. The van der Waals surface area contributed by atoms with E-state index in [-0.39, 0.29) is 11.7 Å².